The highest BCUT2D eigenvalue weighted by Crippen LogP contribution is 2.48. The highest BCUT2D eigenvalue weighted by molar-refractivity contribution is 6.24. The second-order valence-electron chi connectivity index (χ2n) is 7.73. The quantitative estimate of drug-likeness (QED) is 0.603. The molecule has 156 valence electrons. The molecule has 2 aliphatic heterocycles. The van der Waals surface area contributed by atoms with Crippen LogP contribution in [-0.4, -0.2) is 25.0 Å². The molecular weight excluding hydrogens is 392 g/mol. The number of aryl methyl sites for hydroxylation is 1. The molecule has 0 aliphatic carbocycles. The summed E-state index contributed by atoms with van der Waals surface area (Å²) >= 11 is 0. The number of fused-ring (bicyclic) bond motifs is 1. The van der Waals surface area contributed by atoms with Gasteiger partial charge >= 0.3 is 0 Å². The van der Waals surface area contributed by atoms with E-state index in [1.165, 1.54) is 4.90 Å². The standard InChI is InChI=1S/C25H22N2O4/c1-16-9-6-7-14-20(16)22-21-23(31-27(22)17-10-4-3-5-11-17)25(29)26(24(21)28)18-12-8-13-19(15-18)30-2/h3-15,21-23H,1-2H3/t21-,22+,23+/m0/s1. The maximum absolute atomic E-state index is 13.6. The Kier molecular flexibility index (Phi) is 4.71. The fraction of sp³-hybridized carbons (Fsp3) is 0.200. The van der Waals surface area contributed by atoms with Gasteiger partial charge in [0, 0.05) is 6.07 Å². The molecule has 0 aromatic heterocycles. The van der Waals surface area contributed by atoms with Crippen molar-refractivity contribution >= 4 is 23.2 Å². The van der Waals surface area contributed by atoms with Gasteiger partial charge in [-0.3, -0.25) is 14.4 Å². The number of rotatable bonds is 4. The molecule has 2 amide bonds. The van der Waals surface area contributed by atoms with Gasteiger partial charge in [0.25, 0.3) is 5.91 Å². The van der Waals surface area contributed by atoms with E-state index in [4.69, 9.17) is 9.57 Å². The third-order valence-corrected chi connectivity index (χ3v) is 5.94. The molecule has 0 unspecified atom stereocenters. The zero-order chi connectivity index (χ0) is 21.5. The average Bonchev–Trinajstić information content (AvgIpc) is 3.31. The van der Waals surface area contributed by atoms with Gasteiger partial charge in [0.1, 0.15) is 11.7 Å². The fourth-order valence-corrected chi connectivity index (χ4v) is 4.45. The number of anilines is 2. The Morgan fingerprint density at radius 1 is 0.839 bits per heavy atom. The van der Waals surface area contributed by atoms with Crippen molar-refractivity contribution < 1.29 is 19.2 Å². The Balaban J connectivity index is 1.60. The Bertz CT molecular complexity index is 1150. The number of nitrogens with zero attached hydrogens (tertiary/aromatic N) is 2. The van der Waals surface area contributed by atoms with Gasteiger partial charge in [-0.1, -0.05) is 48.5 Å². The van der Waals surface area contributed by atoms with Crippen LogP contribution in [0.5, 0.6) is 5.75 Å². The smallest absolute Gasteiger partial charge is 0.266 e. The minimum absolute atomic E-state index is 0.269. The van der Waals surface area contributed by atoms with Crippen molar-refractivity contribution in [1.29, 1.82) is 0 Å². The highest BCUT2D eigenvalue weighted by atomic mass is 16.7. The number of benzene rings is 3. The second kappa shape index (κ2) is 7.56. The molecule has 0 spiro atoms. The number of hydrogen-bond donors (Lipinski definition) is 0. The minimum Gasteiger partial charge on any atom is -0.497 e. The van der Waals surface area contributed by atoms with Crippen LogP contribution in [0.1, 0.15) is 17.2 Å². The maximum Gasteiger partial charge on any atom is 0.266 e. The molecule has 2 fully saturated rings. The predicted molar refractivity (Wildman–Crippen MR) is 117 cm³/mol. The van der Waals surface area contributed by atoms with Gasteiger partial charge in [-0.25, -0.2) is 9.96 Å². The fourth-order valence-electron chi connectivity index (χ4n) is 4.45. The van der Waals surface area contributed by atoms with E-state index in [0.29, 0.717) is 11.4 Å². The molecule has 0 bridgehead atoms. The molecule has 2 aliphatic rings. The molecule has 6 heteroatoms. The van der Waals surface area contributed by atoms with Crippen LogP contribution in [0, 0.1) is 12.8 Å². The number of hydroxylamine groups is 1. The van der Waals surface area contributed by atoms with Crippen LogP contribution in [0.3, 0.4) is 0 Å². The van der Waals surface area contributed by atoms with Gasteiger partial charge in [-0.2, -0.15) is 0 Å². The van der Waals surface area contributed by atoms with E-state index in [2.05, 4.69) is 0 Å². The molecule has 2 heterocycles. The lowest BCUT2D eigenvalue weighted by molar-refractivity contribution is -0.126. The lowest BCUT2D eigenvalue weighted by atomic mass is 9.88. The number of hydrogen-bond acceptors (Lipinski definition) is 5. The van der Waals surface area contributed by atoms with Gasteiger partial charge < -0.3 is 4.74 Å². The molecule has 2 saturated heterocycles. The van der Waals surface area contributed by atoms with E-state index in [9.17, 15) is 9.59 Å². The van der Waals surface area contributed by atoms with Gasteiger partial charge in [-0.15, -0.1) is 0 Å². The van der Waals surface area contributed by atoms with Crippen LogP contribution < -0.4 is 14.7 Å². The number of carbonyl (C=O) groups excluding carboxylic acids is 2. The lowest BCUT2D eigenvalue weighted by Crippen LogP contribution is -2.37. The number of methoxy groups -OCH3 is 1. The molecule has 0 N–H and O–H groups in total. The van der Waals surface area contributed by atoms with Crippen LogP contribution in [-0.2, 0) is 14.4 Å². The SMILES string of the molecule is COc1cccc(N2C(=O)[C@H]3[C@@H](c4ccccc4C)N(c4ccccc4)O[C@H]3C2=O)c1. The number of amides is 2. The first-order valence-corrected chi connectivity index (χ1v) is 10.2. The first kappa shape index (κ1) is 19.3. The van der Waals surface area contributed by atoms with E-state index in [1.54, 1.807) is 36.4 Å². The monoisotopic (exact) mass is 414 g/mol. The number of imide groups is 1. The molecule has 0 saturated carbocycles. The average molecular weight is 414 g/mol. The van der Waals surface area contributed by atoms with E-state index in [0.717, 1.165) is 16.8 Å². The van der Waals surface area contributed by atoms with Crippen LogP contribution in [0.25, 0.3) is 0 Å². The maximum atomic E-state index is 13.6. The summed E-state index contributed by atoms with van der Waals surface area (Å²) in [6.07, 6.45) is -0.886. The Morgan fingerprint density at radius 2 is 1.55 bits per heavy atom. The molecule has 3 atom stereocenters. The van der Waals surface area contributed by atoms with Crippen molar-refractivity contribution in [2.75, 3.05) is 17.1 Å². The summed E-state index contributed by atoms with van der Waals surface area (Å²) in [5.74, 6) is -0.701. The summed E-state index contributed by atoms with van der Waals surface area (Å²) in [5, 5.41) is 1.72. The minimum atomic E-state index is -0.886. The summed E-state index contributed by atoms with van der Waals surface area (Å²) in [7, 11) is 1.55. The third-order valence-electron chi connectivity index (χ3n) is 5.94. The summed E-state index contributed by atoms with van der Waals surface area (Å²) in [6, 6.07) is 24.0. The summed E-state index contributed by atoms with van der Waals surface area (Å²) in [5.41, 5.74) is 3.30. The molecule has 3 aromatic rings. The van der Waals surface area contributed by atoms with Crippen molar-refractivity contribution in [3.8, 4) is 5.75 Å². The first-order chi connectivity index (χ1) is 15.1. The van der Waals surface area contributed by atoms with E-state index < -0.39 is 18.1 Å². The van der Waals surface area contributed by atoms with Crippen LogP contribution in [0.15, 0.2) is 78.9 Å². The number of ether oxygens (including phenoxy) is 1. The van der Waals surface area contributed by atoms with Gasteiger partial charge in [0.15, 0.2) is 6.10 Å². The van der Waals surface area contributed by atoms with Gasteiger partial charge in [-0.05, 0) is 42.3 Å². The van der Waals surface area contributed by atoms with Crippen molar-refractivity contribution in [3.63, 3.8) is 0 Å². The molecular formula is C25H22N2O4. The first-order valence-electron chi connectivity index (χ1n) is 10.2. The molecule has 31 heavy (non-hydrogen) atoms. The second-order valence-corrected chi connectivity index (χ2v) is 7.73. The van der Waals surface area contributed by atoms with E-state index >= 15 is 0 Å². The summed E-state index contributed by atoms with van der Waals surface area (Å²) in [4.78, 5) is 34.4. The lowest BCUT2D eigenvalue weighted by Gasteiger charge is -2.29. The van der Waals surface area contributed by atoms with Crippen LogP contribution in [0.4, 0.5) is 11.4 Å². The normalized spacial score (nSPS) is 22.7. The van der Waals surface area contributed by atoms with Crippen molar-refractivity contribution in [1.82, 2.24) is 0 Å². The Morgan fingerprint density at radius 3 is 2.29 bits per heavy atom. The summed E-state index contributed by atoms with van der Waals surface area (Å²) < 4.78 is 5.27. The molecule has 3 aromatic carbocycles. The molecule has 5 rings (SSSR count). The Hall–Kier alpha value is -3.64. The zero-order valence-electron chi connectivity index (χ0n) is 17.3. The highest BCUT2D eigenvalue weighted by Gasteiger charge is 2.60. The summed E-state index contributed by atoms with van der Waals surface area (Å²) in [6.45, 7) is 2.01. The third kappa shape index (κ3) is 3.07. The Labute approximate surface area is 180 Å². The van der Waals surface area contributed by atoms with Crippen molar-refractivity contribution in [3.05, 3.63) is 90.0 Å². The van der Waals surface area contributed by atoms with Crippen molar-refractivity contribution in [2.24, 2.45) is 5.92 Å². The van der Waals surface area contributed by atoms with E-state index in [-0.39, 0.29) is 11.8 Å². The van der Waals surface area contributed by atoms with Crippen LogP contribution >= 0.6 is 0 Å². The zero-order valence-corrected chi connectivity index (χ0v) is 17.3. The van der Waals surface area contributed by atoms with Crippen molar-refractivity contribution in [2.45, 2.75) is 19.1 Å². The predicted octanol–water partition coefficient (Wildman–Crippen LogP) is 4.05. The number of carbonyl (C=O) groups is 2. The molecule has 0 radical (unpaired) electrons. The van der Waals surface area contributed by atoms with Gasteiger partial charge in [0.05, 0.1) is 24.5 Å². The largest absolute Gasteiger partial charge is 0.497 e. The van der Waals surface area contributed by atoms with Gasteiger partial charge in [0.2, 0.25) is 5.91 Å². The van der Waals surface area contributed by atoms with E-state index in [1.807, 2.05) is 61.5 Å². The topological polar surface area (TPSA) is 59.1 Å². The van der Waals surface area contributed by atoms with Crippen LogP contribution in [0.2, 0.25) is 0 Å². The number of para-hydroxylation sites is 1. The molecule has 6 nitrogen and oxygen atoms in total.